The number of amides is 3. The summed E-state index contributed by atoms with van der Waals surface area (Å²) in [6.45, 7) is 4.34. The third-order valence-electron chi connectivity index (χ3n) is 7.19. The lowest BCUT2D eigenvalue weighted by Crippen LogP contribution is -2.64. The Morgan fingerprint density at radius 1 is 0.932 bits per heavy atom. The van der Waals surface area contributed by atoms with Crippen LogP contribution in [0.2, 0.25) is 0 Å². The Hall–Kier alpha value is -4.93. The van der Waals surface area contributed by atoms with Crippen molar-refractivity contribution in [3.63, 3.8) is 0 Å². The normalized spacial score (nSPS) is 16.0. The second-order valence-corrected chi connectivity index (χ2v) is 10.6. The van der Waals surface area contributed by atoms with E-state index in [9.17, 15) is 32.3 Å². The Kier molecular flexibility index (Phi) is 9.56. The highest BCUT2D eigenvalue weighted by Gasteiger charge is 2.51. The summed E-state index contributed by atoms with van der Waals surface area (Å²) in [7, 11) is 1.41. The van der Waals surface area contributed by atoms with Crippen LogP contribution in [-0.2, 0) is 20.8 Å². The first-order valence-corrected chi connectivity index (χ1v) is 13.9. The van der Waals surface area contributed by atoms with Crippen LogP contribution in [0.5, 0.6) is 5.75 Å². The molecule has 44 heavy (non-hydrogen) atoms. The van der Waals surface area contributed by atoms with Crippen molar-refractivity contribution in [2.24, 2.45) is 5.92 Å². The summed E-state index contributed by atoms with van der Waals surface area (Å²) in [6.07, 6.45) is -4.50. The van der Waals surface area contributed by atoms with E-state index in [1.807, 2.05) is 0 Å². The summed E-state index contributed by atoms with van der Waals surface area (Å²) in [4.78, 5) is 55.9. The van der Waals surface area contributed by atoms with Crippen molar-refractivity contribution < 1.29 is 37.1 Å². The van der Waals surface area contributed by atoms with Gasteiger partial charge in [-0.25, -0.2) is 10.0 Å². The van der Waals surface area contributed by atoms with Crippen molar-refractivity contribution >= 4 is 29.2 Å². The fourth-order valence-corrected chi connectivity index (χ4v) is 5.17. The van der Waals surface area contributed by atoms with Gasteiger partial charge in [0.15, 0.2) is 0 Å². The van der Waals surface area contributed by atoms with Crippen LogP contribution in [0.3, 0.4) is 0 Å². The number of rotatable bonds is 9. The Bertz CT molecular complexity index is 1560. The molecule has 0 saturated carbocycles. The number of hydrogen-bond donors (Lipinski definition) is 0. The van der Waals surface area contributed by atoms with Gasteiger partial charge in [-0.1, -0.05) is 74.5 Å². The molecule has 2 atom stereocenters. The average Bonchev–Trinajstić information content (AvgIpc) is 3.00. The predicted octanol–water partition coefficient (Wildman–Crippen LogP) is 5.51. The first kappa shape index (κ1) is 32.0. The van der Waals surface area contributed by atoms with Crippen LogP contribution < -0.4 is 4.74 Å². The van der Waals surface area contributed by atoms with E-state index >= 15 is 0 Å². The lowest BCUT2D eigenvalue weighted by molar-refractivity contribution is -0.187. The van der Waals surface area contributed by atoms with Gasteiger partial charge < -0.3 is 4.74 Å². The number of ketones is 1. The van der Waals surface area contributed by atoms with E-state index in [0.29, 0.717) is 16.3 Å². The van der Waals surface area contributed by atoms with Gasteiger partial charge in [-0.05, 0) is 35.7 Å². The summed E-state index contributed by atoms with van der Waals surface area (Å²) >= 11 is 0. The Morgan fingerprint density at radius 2 is 1.55 bits per heavy atom. The van der Waals surface area contributed by atoms with Gasteiger partial charge in [0.25, 0.3) is 17.6 Å². The SMILES string of the molecule is COc1cccc(C2=CN(C(=O)c3ccccc3)C(C(C)C)C(=O)N2N(C(C)=O)C(Cc2ccccc2)C(=O)C(F)(F)F)c1. The van der Waals surface area contributed by atoms with E-state index in [1.165, 1.54) is 36.4 Å². The second kappa shape index (κ2) is 13.2. The maximum absolute atomic E-state index is 14.5. The number of benzene rings is 3. The third kappa shape index (κ3) is 6.66. The smallest absolute Gasteiger partial charge is 0.452 e. The number of hydrogen-bond acceptors (Lipinski definition) is 5. The van der Waals surface area contributed by atoms with Gasteiger partial charge >= 0.3 is 6.18 Å². The zero-order chi connectivity index (χ0) is 32.2. The van der Waals surface area contributed by atoms with Gasteiger partial charge in [0.05, 0.1) is 12.8 Å². The molecule has 0 fully saturated rings. The highest BCUT2D eigenvalue weighted by Crippen LogP contribution is 2.36. The van der Waals surface area contributed by atoms with Crippen molar-refractivity contribution in [2.45, 2.75) is 45.5 Å². The molecule has 0 N–H and O–H groups in total. The summed E-state index contributed by atoms with van der Waals surface area (Å²) in [5, 5.41) is 1.38. The van der Waals surface area contributed by atoms with Gasteiger partial charge in [-0.3, -0.25) is 24.1 Å². The zero-order valence-electron chi connectivity index (χ0n) is 24.6. The lowest BCUT2D eigenvalue weighted by Gasteiger charge is -2.47. The molecule has 1 aliphatic rings. The number of nitrogens with zero attached hydrogens (tertiary/aromatic N) is 3. The van der Waals surface area contributed by atoms with E-state index in [1.54, 1.807) is 80.6 Å². The first-order chi connectivity index (χ1) is 20.8. The number of carbonyl (C=O) groups excluding carboxylic acids is 4. The number of hydrazine groups is 1. The van der Waals surface area contributed by atoms with Crippen molar-refractivity contribution in [3.8, 4) is 5.75 Å². The van der Waals surface area contributed by atoms with Crippen molar-refractivity contribution in [3.05, 3.63) is 108 Å². The van der Waals surface area contributed by atoms with Crippen LogP contribution in [0.25, 0.3) is 5.70 Å². The molecule has 1 heterocycles. The Labute approximate surface area is 253 Å². The first-order valence-electron chi connectivity index (χ1n) is 13.9. The molecule has 0 bridgehead atoms. The highest BCUT2D eigenvalue weighted by atomic mass is 19.4. The van der Waals surface area contributed by atoms with E-state index < -0.39 is 54.1 Å². The van der Waals surface area contributed by atoms with E-state index in [0.717, 1.165) is 11.9 Å². The van der Waals surface area contributed by atoms with Crippen LogP contribution in [0.15, 0.2) is 91.1 Å². The largest absolute Gasteiger partial charge is 0.497 e. The fraction of sp³-hybridized carbons (Fsp3) is 0.273. The molecule has 1 aliphatic heterocycles. The Balaban J connectivity index is 1.98. The molecule has 230 valence electrons. The van der Waals surface area contributed by atoms with E-state index in [4.69, 9.17) is 4.74 Å². The molecule has 0 saturated heterocycles. The zero-order valence-corrected chi connectivity index (χ0v) is 24.6. The fourth-order valence-electron chi connectivity index (χ4n) is 5.17. The molecule has 2 unspecified atom stereocenters. The highest BCUT2D eigenvalue weighted by molar-refractivity contribution is 6.04. The Morgan fingerprint density at radius 3 is 2.09 bits per heavy atom. The lowest BCUT2D eigenvalue weighted by atomic mass is 9.96. The van der Waals surface area contributed by atoms with Crippen LogP contribution in [-0.4, -0.2) is 63.8 Å². The molecule has 3 aromatic rings. The molecule has 4 rings (SSSR count). The molecule has 0 spiro atoms. The van der Waals surface area contributed by atoms with Gasteiger partial charge in [0.1, 0.15) is 17.8 Å². The summed E-state index contributed by atoms with van der Waals surface area (Å²) in [5.74, 6) is -4.74. The van der Waals surface area contributed by atoms with Gasteiger partial charge in [0.2, 0.25) is 5.91 Å². The maximum atomic E-state index is 14.5. The standard InChI is InChI=1S/C33H32F3N3O5/c1-21(2)29-32(43)39(38(22(3)40)27(30(41)33(34,35)36)18-23-12-7-5-8-13-23)28(25-16-11-17-26(19-25)44-4)20-37(29)31(42)24-14-9-6-10-15-24/h5-17,19-21,27,29H,18H2,1-4H3. The van der Waals surface area contributed by atoms with Gasteiger partial charge in [0, 0.05) is 30.7 Å². The maximum Gasteiger partial charge on any atom is 0.452 e. The van der Waals surface area contributed by atoms with E-state index in [-0.39, 0.29) is 16.8 Å². The average molecular weight is 608 g/mol. The van der Waals surface area contributed by atoms with Crippen LogP contribution in [0.1, 0.15) is 42.3 Å². The molecular formula is C33H32F3N3O5. The molecule has 0 aromatic heterocycles. The second-order valence-electron chi connectivity index (χ2n) is 10.6. The summed E-state index contributed by atoms with van der Waals surface area (Å²) in [6, 6.07) is 19.1. The monoisotopic (exact) mass is 607 g/mol. The van der Waals surface area contributed by atoms with E-state index in [2.05, 4.69) is 0 Å². The number of Topliss-reactive ketones (excluding diaryl/α,β-unsaturated/α-hetero) is 1. The topological polar surface area (TPSA) is 87.2 Å². The van der Waals surface area contributed by atoms with Crippen LogP contribution in [0.4, 0.5) is 13.2 Å². The number of alkyl halides is 3. The molecule has 8 nitrogen and oxygen atoms in total. The van der Waals surface area contributed by atoms with Crippen LogP contribution in [0, 0.1) is 5.92 Å². The number of ether oxygens (including phenoxy) is 1. The van der Waals surface area contributed by atoms with Crippen molar-refractivity contribution in [2.75, 3.05) is 7.11 Å². The number of halogens is 3. The molecular weight excluding hydrogens is 575 g/mol. The quantitative estimate of drug-likeness (QED) is 0.320. The molecule has 3 amide bonds. The predicted molar refractivity (Wildman–Crippen MR) is 157 cm³/mol. The summed E-state index contributed by atoms with van der Waals surface area (Å²) < 4.78 is 47.6. The summed E-state index contributed by atoms with van der Waals surface area (Å²) in [5.41, 5.74) is 0.797. The van der Waals surface area contributed by atoms with Gasteiger partial charge in [-0.15, -0.1) is 0 Å². The number of carbonyl (C=O) groups is 4. The van der Waals surface area contributed by atoms with Crippen molar-refractivity contribution in [1.29, 1.82) is 0 Å². The molecule has 11 heteroatoms. The third-order valence-corrected chi connectivity index (χ3v) is 7.19. The minimum atomic E-state index is -5.32. The number of methoxy groups -OCH3 is 1. The minimum Gasteiger partial charge on any atom is -0.497 e. The molecule has 3 aromatic carbocycles. The molecule has 0 aliphatic carbocycles. The molecule has 0 radical (unpaired) electrons. The minimum absolute atomic E-state index is 0.0849. The van der Waals surface area contributed by atoms with Crippen molar-refractivity contribution in [1.82, 2.24) is 14.9 Å². The van der Waals surface area contributed by atoms with Crippen LogP contribution >= 0.6 is 0 Å². The van der Waals surface area contributed by atoms with Gasteiger partial charge in [-0.2, -0.15) is 13.2 Å².